The Morgan fingerprint density at radius 3 is 2.62 bits per heavy atom. The standard InChI is InChI=1S/C10H18O2Si/c1-13(2,3)6-4-5-9(11)7-10-8-12-10/h9-11H,5,7-8H2,1-3H3/t9-,10?/m0/s1. The first kappa shape index (κ1) is 10.8. The number of ether oxygens (including phenoxy) is 1. The van der Waals surface area contributed by atoms with Gasteiger partial charge in [-0.1, -0.05) is 19.6 Å². The second-order valence-corrected chi connectivity index (χ2v) is 9.35. The number of rotatable bonds is 3. The molecule has 74 valence electrons. The Labute approximate surface area is 81.3 Å². The first-order chi connectivity index (χ1) is 5.97. The van der Waals surface area contributed by atoms with E-state index in [0.29, 0.717) is 12.5 Å². The minimum absolute atomic E-state index is 0.295. The van der Waals surface area contributed by atoms with Gasteiger partial charge in [-0.25, -0.2) is 0 Å². The Bertz CT molecular complexity index is 217. The molecule has 0 aromatic rings. The zero-order valence-corrected chi connectivity index (χ0v) is 9.63. The van der Waals surface area contributed by atoms with Gasteiger partial charge in [0.1, 0.15) is 8.07 Å². The van der Waals surface area contributed by atoms with Crippen molar-refractivity contribution in [2.45, 2.75) is 44.7 Å². The van der Waals surface area contributed by atoms with E-state index in [0.717, 1.165) is 13.0 Å². The molecule has 1 N–H and O–H groups in total. The Morgan fingerprint density at radius 1 is 1.54 bits per heavy atom. The molecule has 0 aliphatic carbocycles. The topological polar surface area (TPSA) is 32.8 Å². The molecule has 3 heteroatoms. The third-order valence-corrected chi connectivity index (χ3v) is 2.67. The summed E-state index contributed by atoms with van der Waals surface area (Å²) in [5, 5.41) is 9.49. The molecule has 1 aliphatic rings. The maximum atomic E-state index is 9.49. The Morgan fingerprint density at radius 2 is 2.15 bits per heavy atom. The van der Waals surface area contributed by atoms with Gasteiger partial charge in [-0.05, 0) is 0 Å². The normalized spacial score (nSPS) is 23.2. The van der Waals surface area contributed by atoms with Gasteiger partial charge in [0.2, 0.25) is 0 Å². The Kier molecular flexibility index (Phi) is 3.54. The van der Waals surface area contributed by atoms with E-state index in [1.165, 1.54) is 0 Å². The molecule has 1 fully saturated rings. The van der Waals surface area contributed by atoms with Gasteiger partial charge in [0.05, 0.1) is 18.8 Å². The minimum atomic E-state index is -1.25. The highest BCUT2D eigenvalue weighted by atomic mass is 28.3. The van der Waals surface area contributed by atoms with E-state index in [-0.39, 0.29) is 6.10 Å². The SMILES string of the molecule is C[Si](C)(C)C#CC[C@H](O)CC1CO1. The molecular formula is C10H18O2Si. The molecule has 0 spiro atoms. The third kappa shape index (κ3) is 5.86. The summed E-state index contributed by atoms with van der Waals surface area (Å²) in [6.07, 6.45) is 1.37. The molecule has 0 aromatic carbocycles. The van der Waals surface area contributed by atoms with Gasteiger partial charge in [0, 0.05) is 12.8 Å². The molecule has 1 rings (SSSR count). The van der Waals surface area contributed by atoms with Gasteiger partial charge in [-0.3, -0.25) is 0 Å². The summed E-state index contributed by atoms with van der Waals surface area (Å²) in [7, 11) is -1.25. The molecule has 1 heterocycles. The average Bonchev–Trinajstić information content (AvgIpc) is 2.68. The lowest BCUT2D eigenvalue weighted by atomic mass is 10.1. The molecule has 2 atom stereocenters. The number of epoxide rings is 1. The van der Waals surface area contributed by atoms with Crippen LogP contribution in [-0.2, 0) is 4.74 Å². The van der Waals surface area contributed by atoms with Crippen LogP contribution in [0.15, 0.2) is 0 Å². The first-order valence-electron chi connectivity index (χ1n) is 4.77. The van der Waals surface area contributed by atoms with Crippen LogP contribution in [0.2, 0.25) is 19.6 Å². The van der Waals surface area contributed by atoms with E-state index >= 15 is 0 Å². The number of hydrogen-bond donors (Lipinski definition) is 1. The molecule has 13 heavy (non-hydrogen) atoms. The van der Waals surface area contributed by atoms with Crippen molar-refractivity contribution in [2.75, 3.05) is 6.61 Å². The van der Waals surface area contributed by atoms with Crippen molar-refractivity contribution in [3.8, 4) is 11.5 Å². The van der Waals surface area contributed by atoms with Crippen LogP contribution < -0.4 is 0 Å². The summed E-state index contributed by atoms with van der Waals surface area (Å²) in [4.78, 5) is 0. The Hall–Kier alpha value is -0.303. The number of aliphatic hydroxyl groups excluding tert-OH is 1. The van der Waals surface area contributed by atoms with Crippen LogP contribution in [0.1, 0.15) is 12.8 Å². The summed E-state index contributed by atoms with van der Waals surface area (Å²) >= 11 is 0. The van der Waals surface area contributed by atoms with Crippen LogP contribution in [0.4, 0.5) is 0 Å². The van der Waals surface area contributed by atoms with Crippen LogP contribution in [0.25, 0.3) is 0 Å². The molecule has 0 saturated carbocycles. The fourth-order valence-electron chi connectivity index (χ4n) is 1.02. The van der Waals surface area contributed by atoms with Crippen molar-refractivity contribution in [3.63, 3.8) is 0 Å². The van der Waals surface area contributed by atoms with Crippen molar-refractivity contribution in [1.29, 1.82) is 0 Å². The maximum absolute atomic E-state index is 9.49. The smallest absolute Gasteiger partial charge is 0.129 e. The van der Waals surface area contributed by atoms with Gasteiger partial charge in [-0.15, -0.1) is 11.5 Å². The minimum Gasteiger partial charge on any atom is -0.392 e. The maximum Gasteiger partial charge on any atom is 0.129 e. The highest BCUT2D eigenvalue weighted by molar-refractivity contribution is 6.83. The molecule has 1 saturated heterocycles. The van der Waals surface area contributed by atoms with Gasteiger partial charge >= 0.3 is 0 Å². The van der Waals surface area contributed by atoms with Crippen molar-refractivity contribution in [1.82, 2.24) is 0 Å². The highest BCUT2D eigenvalue weighted by Crippen LogP contribution is 2.16. The van der Waals surface area contributed by atoms with Gasteiger partial charge < -0.3 is 9.84 Å². The van der Waals surface area contributed by atoms with E-state index < -0.39 is 8.07 Å². The van der Waals surface area contributed by atoms with E-state index in [4.69, 9.17) is 4.74 Å². The lowest BCUT2D eigenvalue weighted by molar-refractivity contribution is 0.157. The van der Waals surface area contributed by atoms with Gasteiger partial charge in [0.25, 0.3) is 0 Å². The monoisotopic (exact) mass is 198 g/mol. The third-order valence-electron chi connectivity index (χ3n) is 1.74. The molecule has 2 nitrogen and oxygen atoms in total. The zero-order chi connectivity index (χ0) is 9.90. The van der Waals surface area contributed by atoms with Crippen LogP contribution in [0.5, 0.6) is 0 Å². The molecule has 0 bridgehead atoms. The first-order valence-corrected chi connectivity index (χ1v) is 8.27. The Balaban J connectivity index is 2.18. The summed E-state index contributed by atoms with van der Waals surface area (Å²) in [5.41, 5.74) is 3.23. The molecule has 0 amide bonds. The molecule has 1 aliphatic heterocycles. The molecular weight excluding hydrogens is 180 g/mol. The lowest BCUT2D eigenvalue weighted by Crippen LogP contribution is -2.17. The fraction of sp³-hybridized carbons (Fsp3) is 0.800. The molecule has 0 aromatic heterocycles. The molecule has 1 unspecified atom stereocenters. The number of hydrogen-bond acceptors (Lipinski definition) is 2. The van der Waals surface area contributed by atoms with E-state index in [2.05, 4.69) is 31.1 Å². The number of aliphatic hydroxyl groups is 1. The predicted molar refractivity (Wildman–Crippen MR) is 56.1 cm³/mol. The summed E-state index contributed by atoms with van der Waals surface area (Å²) in [6.45, 7) is 7.43. The van der Waals surface area contributed by atoms with Gasteiger partial charge in [0.15, 0.2) is 0 Å². The summed E-state index contributed by atoms with van der Waals surface area (Å²) < 4.78 is 5.03. The van der Waals surface area contributed by atoms with Crippen LogP contribution >= 0.6 is 0 Å². The zero-order valence-electron chi connectivity index (χ0n) is 8.63. The van der Waals surface area contributed by atoms with Crippen LogP contribution in [-0.4, -0.2) is 32.0 Å². The van der Waals surface area contributed by atoms with Crippen molar-refractivity contribution >= 4 is 8.07 Å². The quantitative estimate of drug-likeness (QED) is 0.422. The van der Waals surface area contributed by atoms with Crippen molar-refractivity contribution in [3.05, 3.63) is 0 Å². The molecule has 0 radical (unpaired) electrons. The lowest BCUT2D eigenvalue weighted by Gasteiger charge is -2.05. The van der Waals surface area contributed by atoms with E-state index in [9.17, 15) is 5.11 Å². The van der Waals surface area contributed by atoms with E-state index in [1.807, 2.05) is 0 Å². The van der Waals surface area contributed by atoms with Crippen molar-refractivity contribution in [2.24, 2.45) is 0 Å². The second kappa shape index (κ2) is 4.27. The van der Waals surface area contributed by atoms with Gasteiger partial charge in [-0.2, -0.15) is 0 Å². The fourth-order valence-corrected chi connectivity index (χ4v) is 1.66. The highest BCUT2D eigenvalue weighted by Gasteiger charge is 2.25. The second-order valence-electron chi connectivity index (χ2n) is 4.60. The largest absolute Gasteiger partial charge is 0.392 e. The van der Waals surface area contributed by atoms with Crippen LogP contribution in [0.3, 0.4) is 0 Å². The van der Waals surface area contributed by atoms with Crippen LogP contribution in [0, 0.1) is 11.5 Å². The predicted octanol–water partition coefficient (Wildman–Crippen LogP) is 1.41. The van der Waals surface area contributed by atoms with Crippen molar-refractivity contribution < 1.29 is 9.84 Å². The summed E-state index contributed by atoms with van der Waals surface area (Å²) in [5.74, 6) is 3.06. The van der Waals surface area contributed by atoms with E-state index in [1.54, 1.807) is 0 Å². The summed E-state index contributed by atoms with van der Waals surface area (Å²) in [6, 6.07) is 0. The average molecular weight is 198 g/mol.